The number of hydrogen-bond acceptors (Lipinski definition) is 4. The number of nitrogens with one attached hydrogen (secondary N) is 1. The predicted octanol–water partition coefficient (Wildman–Crippen LogP) is 2.66. The highest BCUT2D eigenvalue weighted by Crippen LogP contribution is 2.15. The molecule has 0 amide bonds. The van der Waals surface area contributed by atoms with Crippen molar-refractivity contribution in [3.8, 4) is 0 Å². The van der Waals surface area contributed by atoms with Crippen LogP contribution in [0.25, 0.3) is 0 Å². The molecule has 0 aliphatic heterocycles. The molecule has 0 aliphatic rings. The molecule has 1 aromatic heterocycles. The van der Waals surface area contributed by atoms with Crippen molar-refractivity contribution in [1.82, 2.24) is 20.1 Å². The molecule has 2 atom stereocenters. The summed E-state index contributed by atoms with van der Waals surface area (Å²) in [6.07, 6.45) is 4.92. The van der Waals surface area contributed by atoms with Crippen LogP contribution in [0.5, 0.6) is 0 Å². The van der Waals surface area contributed by atoms with E-state index in [1.54, 1.807) is 6.33 Å². The summed E-state index contributed by atoms with van der Waals surface area (Å²) in [4.78, 5) is 4.44. The zero-order valence-electron chi connectivity index (χ0n) is 14.3. The Labute approximate surface area is 129 Å². The molecule has 0 bridgehead atoms. The van der Waals surface area contributed by atoms with E-state index in [9.17, 15) is 0 Å². The molecule has 0 aromatic carbocycles. The molecular weight excluding hydrogens is 264 g/mol. The van der Waals surface area contributed by atoms with Crippen LogP contribution in [0.1, 0.15) is 53.3 Å². The van der Waals surface area contributed by atoms with E-state index in [4.69, 9.17) is 4.74 Å². The Balaban J connectivity index is 2.82. The third-order valence-electron chi connectivity index (χ3n) is 3.60. The first-order valence-electron chi connectivity index (χ1n) is 8.35. The van der Waals surface area contributed by atoms with Crippen molar-refractivity contribution in [3.05, 3.63) is 12.2 Å². The van der Waals surface area contributed by atoms with E-state index in [-0.39, 0.29) is 12.1 Å². The summed E-state index contributed by atoms with van der Waals surface area (Å²) in [6.45, 7) is 13.5. The molecule has 5 nitrogen and oxygen atoms in total. The van der Waals surface area contributed by atoms with Gasteiger partial charge >= 0.3 is 0 Å². The topological polar surface area (TPSA) is 52.0 Å². The van der Waals surface area contributed by atoms with E-state index in [1.807, 2.05) is 4.68 Å². The van der Waals surface area contributed by atoms with Gasteiger partial charge in [-0.15, -0.1) is 0 Å². The van der Waals surface area contributed by atoms with E-state index in [0.29, 0.717) is 5.92 Å². The molecule has 0 spiro atoms. The molecular formula is C16H32N4O. The van der Waals surface area contributed by atoms with E-state index >= 15 is 0 Å². The lowest BCUT2D eigenvalue weighted by Gasteiger charge is -2.30. The lowest BCUT2D eigenvalue weighted by molar-refractivity contribution is 0.00295. The normalized spacial score (nSPS) is 14.6. The van der Waals surface area contributed by atoms with Gasteiger partial charge in [0, 0.05) is 25.6 Å². The summed E-state index contributed by atoms with van der Waals surface area (Å²) in [7, 11) is 0. The highest BCUT2D eigenvalue weighted by Gasteiger charge is 2.26. The minimum absolute atomic E-state index is 0.202. The van der Waals surface area contributed by atoms with Gasteiger partial charge in [0.15, 0.2) is 0 Å². The monoisotopic (exact) mass is 296 g/mol. The summed E-state index contributed by atoms with van der Waals surface area (Å²) >= 11 is 0. The Morgan fingerprint density at radius 3 is 2.57 bits per heavy atom. The Morgan fingerprint density at radius 2 is 2.00 bits per heavy atom. The molecule has 1 heterocycles. The average Bonchev–Trinajstić information content (AvgIpc) is 2.88. The molecule has 1 rings (SSSR count). The summed E-state index contributed by atoms with van der Waals surface area (Å²) in [5.74, 6) is 1.53. The third kappa shape index (κ3) is 5.75. The summed E-state index contributed by atoms with van der Waals surface area (Å²) in [6, 6.07) is 0.282. The van der Waals surface area contributed by atoms with Crippen LogP contribution >= 0.6 is 0 Å². The maximum atomic E-state index is 5.99. The maximum absolute atomic E-state index is 5.99. The standard InChI is InChI=1S/C16H32N4O/c1-6-9-17-14(16(13(4)5)21-8-3)11-15-18-12-19-20(15)10-7-2/h12-14,16-17H,6-11H2,1-5H3. The molecule has 0 saturated heterocycles. The predicted molar refractivity (Wildman–Crippen MR) is 86.4 cm³/mol. The number of ether oxygens (including phenoxy) is 1. The molecule has 2 unspecified atom stereocenters. The van der Waals surface area contributed by atoms with Gasteiger partial charge in [-0.05, 0) is 32.2 Å². The Kier molecular flexibility index (Phi) is 8.54. The zero-order chi connectivity index (χ0) is 15.7. The zero-order valence-corrected chi connectivity index (χ0v) is 14.3. The second-order valence-corrected chi connectivity index (χ2v) is 5.83. The van der Waals surface area contributed by atoms with E-state index in [2.05, 4.69) is 50.0 Å². The van der Waals surface area contributed by atoms with Crippen molar-refractivity contribution in [1.29, 1.82) is 0 Å². The van der Waals surface area contributed by atoms with Crippen molar-refractivity contribution in [2.45, 2.75) is 72.6 Å². The van der Waals surface area contributed by atoms with Gasteiger partial charge < -0.3 is 10.1 Å². The molecule has 21 heavy (non-hydrogen) atoms. The minimum Gasteiger partial charge on any atom is -0.377 e. The molecule has 0 fully saturated rings. The Bertz CT molecular complexity index is 378. The van der Waals surface area contributed by atoms with Gasteiger partial charge in [-0.25, -0.2) is 4.98 Å². The van der Waals surface area contributed by atoms with Crippen LogP contribution in [0, 0.1) is 5.92 Å². The van der Waals surface area contributed by atoms with Crippen LogP contribution in [0.2, 0.25) is 0 Å². The van der Waals surface area contributed by atoms with Gasteiger partial charge in [0.2, 0.25) is 0 Å². The molecule has 1 N–H and O–H groups in total. The summed E-state index contributed by atoms with van der Waals surface area (Å²) in [5, 5.41) is 7.96. The summed E-state index contributed by atoms with van der Waals surface area (Å²) in [5.41, 5.74) is 0. The summed E-state index contributed by atoms with van der Waals surface area (Å²) < 4.78 is 8.01. The minimum atomic E-state index is 0.202. The van der Waals surface area contributed by atoms with Crippen LogP contribution in [-0.2, 0) is 17.7 Å². The van der Waals surface area contributed by atoms with Gasteiger partial charge in [-0.2, -0.15) is 5.10 Å². The molecule has 5 heteroatoms. The first-order valence-corrected chi connectivity index (χ1v) is 8.35. The molecule has 0 aliphatic carbocycles. The smallest absolute Gasteiger partial charge is 0.138 e. The first kappa shape index (κ1) is 18.1. The quantitative estimate of drug-likeness (QED) is 0.682. The third-order valence-corrected chi connectivity index (χ3v) is 3.60. The van der Waals surface area contributed by atoms with Crippen molar-refractivity contribution >= 4 is 0 Å². The lowest BCUT2D eigenvalue weighted by atomic mass is 9.96. The largest absolute Gasteiger partial charge is 0.377 e. The van der Waals surface area contributed by atoms with Crippen molar-refractivity contribution in [3.63, 3.8) is 0 Å². The second kappa shape index (κ2) is 9.90. The van der Waals surface area contributed by atoms with Gasteiger partial charge in [-0.3, -0.25) is 4.68 Å². The van der Waals surface area contributed by atoms with Gasteiger partial charge in [-0.1, -0.05) is 27.7 Å². The number of nitrogens with zero attached hydrogens (tertiary/aromatic N) is 3. The Hall–Kier alpha value is -0.940. The van der Waals surface area contributed by atoms with Crippen LogP contribution < -0.4 is 5.32 Å². The van der Waals surface area contributed by atoms with Crippen LogP contribution in [0.15, 0.2) is 6.33 Å². The first-order chi connectivity index (χ1) is 10.1. The fourth-order valence-corrected chi connectivity index (χ4v) is 2.64. The highest BCUT2D eigenvalue weighted by molar-refractivity contribution is 4.94. The number of aryl methyl sites for hydroxylation is 1. The van der Waals surface area contributed by atoms with Crippen LogP contribution in [0.4, 0.5) is 0 Å². The number of hydrogen-bond donors (Lipinski definition) is 1. The fourth-order valence-electron chi connectivity index (χ4n) is 2.64. The molecule has 122 valence electrons. The second-order valence-electron chi connectivity index (χ2n) is 5.83. The van der Waals surface area contributed by atoms with Crippen molar-refractivity contribution < 1.29 is 4.74 Å². The Morgan fingerprint density at radius 1 is 1.24 bits per heavy atom. The molecule has 0 radical (unpaired) electrons. The van der Waals surface area contributed by atoms with Gasteiger partial charge in [0.05, 0.1) is 6.10 Å². The van der Waals surface area contributed by atoms with E-state index < -0.39 is 0 Å². The van der Waals surface area contributed by atoms with Gasteiger partial charge in [0.25, 0.3) is 0 Å². The van der Waals surface area contributed by atoms with Crippen LogP contribution in [-0.4, -0.2) is 40.1 Å². The van der Waals surface area contributed by atoms with Crippen LogP contribution in [0.3, 0.4) is 0 Å². The number of rotatable bonds is 11. The van der Waals surface area contributed by atoms with Crippen molar-refractivity contribution in [2.75, 3.05) is 13.2 Å². The van der Waals surface area contributed by atoms with Crippen molar-refractivity contribution in [2.24, 2.45) is 5.92 Å². The fraction of sp³-hybridized carbons (Fsp3) is 0.875. The van der Waals surface area contributed by atoms with Gasteiger partial charge in [0.1, 0.15) is 12.2 Å². The molecule has 1 aromatic rings. The average molecular weight is 296 g/mol. The van der Waals surface area contributed by atoms with E-state index in [1.165, 1.54) is 0 Å². The molecule has 0 saturated carbocycles. The number of aromatic nitrogens is 3. The SMILES string of the molecule is CCCNC(Cc1ncnn1CCC)C(OCC)C(C)C. The lowest BCUT2D eigenvalue weighted by Crippen LogP contribution is -2.46. The maximum Gasteiger partial charge on any atom is 0.138 e. The highest BCUT2D eigenvalue weighted by atomic mass is 16.5. The van der Waals surface area contributed by atoms with E-state index in [0.717, 1.165) is 44.8 Å².